The first-order valence-electron chi connectivity index (χ1n) is 12.6. The van der Waals surface area contributed by atoms with Gasteiger partial charge in [0.05, 0.1) is 12.2 Å². The molecule has 0 unspecified atom stereocenters. The molecule has 4 rings (SSSR count). The summed E-state index contributed by atoms with van der Waals surface area (Å²) in [4.78, 5) is 24.3. The maximum absolute atomic E-state index is 13.4. The van der Waals surface area contributed by atoms with E-state index in [1.165, 1.54) is 0 Å². The highest BCUT2D eigenvalue weighted by atomic mass is 35.5. The average molecular weight is 545 g/mol. The van der Waals surface area contributed by atoms with Gasteiger partial charge in [-0.05, 0) is 55.5 Å². The van der Waals surface area contributed by atoms with E-state index in [-0.39, 0.29) is 23.4 Å². The van der Waals surface area contributed by atoms with Gasteiger partial charge < -0.3 is 15.5 Å². The Kier molecular flexibility index (Phi) is 8.29. The van der Waals surface area contributed by atoms with E-state index in [9.17, 15) is 4.79 Å². The van der Waals surface area contributed by atoms with E-state index in [1.807, 2.05) is 37.2 Å². The molecule has 0 radical (unpaired) electrons. The summed E-state index contributed by atoms with van der Waals surface area (Å²) in [5.74, 6) is 1.38. The van der Waals surface area contributed by atoms with Gasteiger partial charge in [0.2, 0.25) is 5.95 Å². The van der Waals surface area contributed by atoms with Gasteiger partial charge in [-0.2, -0.15) is 10.1 Å². The molecule has 2 aromatic heterocycles. The first-order valence-corrected chi connectivity index (χ1v) is 13.3. The zero-order chi connectivity index (χ0) is 26.7. The Hall–Kier alpha value is -2.84. The van der Waals surface area contributed by atoms with Crippen molar-refractivity contribution in [1.82, 2.24) is 25.1 Å². The van der Waals surface area contributed by atoms with Crippen LogP contribution in [0.5, 0.6) is 0 Å². The average Bonchev–Trinajstić information content (AvgIpc) is 3.27. The molecule has 2 heterocycles. The molecule has 0 aliphatic heterocycles. The molecule has 1 aromatic carbocycles. The molecule has 2 N–H and O–H groups in total. The number of rotatable bonds is 7. The quantitative estimate of drug-likeness (QED) is 0.406. The fourth-order valence-electron chi connectivity index (χ4n) is 4.39. The highest BCUT2D eigenvalue weighted by molar-refractivity contribution is 6.35. The second-order valence-electron chi connectivity index (χ2n) is 10.9. The summed E-state index contributed by atoms with van der Waals surface area (Å²) in [5.41, 5.74) is 2.05. The maximum Gasteiger partial charge on any atom is 0.269 e. The van der Waals surface area contributed by atoms with E-state index in [0.717, 1.165) is 42.8 Å². The SMILES string of the molecule is CN(C)c1ccnc(N[C@H]2CC[C@@H](NC(=O)c3cc(C(C)(C)C)nn3Cc3ccc(Cl)cc3Cl)CC2)n1. The van der Waals surface area contributed by atoms with Crippen molar-refractivity contribution in [2.75, 3.05) is 24.3 Å². The topological polar surface area (TPSA) is 88.0 Å². The smallest absolute Gasteiger partial charge is 0.269 e. The molecule has 0 saturated heterocycles. The molecule has 3 aromatic rings. The number of nitrogens with one attached hydrogen (secondary N) is 2. The fraction of sp³-hybridized carbons (Fsp3) is 0.481. The van der Waals surface area contributed by atoms with Gasteiger partial charge in [-0.25, -0.2) is 4.98 Å². The molecule has 1 amide bonds. The Labute approximate surface area is 228 Å². The number of halogens is 2. The van der Waals surface area contributed by atoms with Gasteiger partial charge in [0.1, 0.15) is 11.5 Å². The van der Waals surface area contributed by atoms with E-state index in [2.05, 4.69) is 41.4 Å². The predicted molar refractivity (Wildman–Crippen MR) is 150 cm³/mol. The monoisotopic (exact) mass is 543 g/mol. The van der Waals surface area contributed by atoms with Crippen LogP contribution in [0.1, 0.15) is 68.2 Å². The van der Waals surface area contributed by atoms with Gasteiger partial charge in [0, 0.05) is 47.8 Å². The summed E-state index contributed by atoms with van der Waals surface area (Å²) < 4.78 is 1.74. The third-order valence-corrected chi connectivity index (χ3v) is 7.20. The summed E-state index contributed by atoms with van der Waals surface area (Å²) in [6, 6.07) is 9.52. The number of hydrogen-bond acceptors (Lipinski definition) is 6. The van der Waals surface area contributed by atoms with Crippen molar-refractivity contribution in [2.24, 2.45) is 0 Å². The molecule has 1 fully saturated rings. The minimum Gasteiger partial charge on any atom is -0.363 e. The van der Waals surface area contributed by atoms with Gasteiger partial charge >= 0.3 is 0 Å². The standard InChI is InChI=1S/C27H35Cl2N7O/c1-27(2,3)23-15-22(36(34-23)16-17-6-7-18(28)14-21(17)29)25(37)31-19-8-10-20(11-9-19)32-26-30-13-12-24(33-26)35(4)5/h6-7,12-15,19-20H,8-11,16H2,1-5H3,(H,31,37)(H,30,32,33)/t19-,20+. The molecule has 0 bridgehead atoms. The van der Waals surface area contributed by atoms with Gasteiger partial charge in [0.25, 0.3) is 5.91 Å². The number of anilines is 2. The largest absolute Gasteiger partial charge is 0.363 e. The van der Waals surface area contributed by atoms with Crippen LogP contribution in [0.15, 0.2) is 36.5 Å². The Morgan fingerprint density at radius 1 is 1.08 bits per heavy atom. The lowest BCUT2D eigenvalue weighted by Crippen LogP contribution is -2.41. The number of carbonyl (C=O) groups is 1. The van der Waals surface area contributed by atoms with Crippen molar-refractivity contribution in [3.63, 3.8) is 0 Å². The highest BCUT2D eigenvalue weighted by Gasteiger charge is 2.27. The molecule has 1 aliphatic rings. The molecule has 10 heteroatoms. The number of carbonyl (C=O) groups excluding carboxylic acids is 1. The zero-order valence-corrected chi connectivity index (χ0v) is 23.6. The molecule has 198 valence electrons. The van der Waals surface area contributed by atoms with Crippen molar-refractivity contribution < 1.29 is 4.79 Å². The Morgan fingerprint density at radius 2 is 1.78 bits per heavy atom. The summed E-state index contributed by atoms with van der Waals surface area (Å²) in [7, 11) is 3.92. The summed E-state index contributed by atoms with van der Waals surface area (Å²) in [5, 5.41) is 12.6. The van der Waals surface area contributed by atoms with Gasteiger partial charge in [0.15, 0.2) is 0 Å². The molecule has 1 saturated carbocycles. The highest BCUT2D eigenvalue weighted by Crippen LogP contribution is 2.26. The van der Waals surface area contributed by atoms with Crippen molar-refractivity contribution in [1.29, 1.82) is 0 Å². The number of aromatic nitrogens is 4. The fourth-order valence-corrected chi connectivity index (χ4v) is 4.86. The maximum atomic E-state index is 13.4. The molecule has 0 spiro atoms. The van der Waals surface area contributed by atoms with Crippen LogP contribution >= 0.6 is 23.2 Å². The molecule has 37 heavy (non-hydrogen) atoms. The predicted octanol–water partition coefficient (Wildman–Crippen LogP) is 5.54. The van der Waals surface area contributed by atoms with Crippen molar-refractivity contribution in [3.8, 4) is 0 Å². The van der Waals surface area contributed by atoms with Crippen LogP contribution in [0.3, 0.4) is 0 Å². The third kappa shape index (κ3) is 6.93. The molecule has 8 nitrogen and oxygen atoms in total. The van der Waals surface area contributed by atoms with E-state index in [4.69, 9.17) is 28.3 Å². The Balaban J connectivity index is 1.41. The van der Waals surface area contributed by atoms with E-state index >= 15 is 0 Å². The van der Waals surface area contributed by atoms with Gasteiger partial charge in [-0.1, -0.05) is 50.0 Å². The van der Waals surface area contributed by atoms with Crippen LogP contribution in [0.2, 0.25) is 10.0 Å². The summed E-state index contributed by atoms with van der Waals surface area (Å²) in [6.07, 6.45) is 5.36. The summed E-state index contributed by atoms with van der Waals surface area (Å²) in [6.45, 7) is 6.64. The van der Waals surface area contributed by atoms with Gasteiger partial charge in [-0.3, -0.25) is 9.48 Å². The first kappa shape index (κ1) is 27.2. The van der Waals surface area contributed by atoms with E-state index in [0.29, 0.717) is 28.2 Å². The van der Waals surface area contributed by atoms with Crippen molar-refractivity contribution in [3.05, 3.63) is 63.5 Å². The number of hydrogen-bond donors (Lipinski definition) is 2. The second-order valence-corrected chi connectivity index (χ2v) is 11.7. The summed E-state index contributed by atoms with van der Waals surface area (Å²) >= 11 is 12.5. The lowest BCUT2D eigenvalue weighted by molar-refractivity contribution is 0.0916. The zero-order valence-electron chi connectivity index (χ0n) is 22.1. The Morgan fingerprint density at radius 3 is 2.43 bits per heavy atom. The van der Waals surface area contributed by atoms with Crippen LogP contribution < -0.4 is 15.5 Å². The number of amides is 1. The third-order valence-electron chi connectivity index (χ3n) is 6.61. The molecule has 0 atom stereocenters. The lowest BCUT2D eigenvalue weighted by atomic mass is 9.91. The molecular weight excluding hydrogens is 509 g/mol. The normalized spacial score (nSPS) is 17.9. The molecule has 1 aliphatic carbocycles. The van der Waals surface area contributed by atoms with Crippen LogP contribution in [0.4, 0.5) is 11.8 Å². The number of nitrogens with zero attached hydrogens (tertiary/aromatic N) is 5. The van der Waals surface area contributed by atoms with E-state index in [1.54, 1.807) is 23.0 Å². The number of benzene rings is 1. The van der Waals surface area contributed by atoms with Crippen molar-refractivity contribution >= 4 is 40.9 Å². The van der Waals surface area contributed by atoms with Crippen molar-refractivity contribution in [2.45, 2.75) is 70.5 Å². The molecular formula is C27H35Cl2N7O. The van der Waals surface area contributed by atoms with Crippen LogP contribution in [0, 0.1) is 0 Å². The second kappa shape index (κ2) is 11.3. The first-order chi connectivity index (χ1) is 17.5. The van der Waals surface area contributed by atoms with Gasteiger partial charge in [-0.15, -0.1) is 0 Å². The minimum atomic E-state index is -0.195. The van der Waals surface area contributed by atoms with Crippen LogP contribution in [-0.4, -0.2) is 51.8 Å². The van der Waals surface area contributed by atoms with Crippen LogP contribution in [-0.2, 0) is 12.0 Å². The van der Waals surface area contributed by atoms with E-state index < -0.39 is 0 Å². The lowest BCUT2D eigenvalue weighted by Gasteiger charge is -2.29. The van der Waals surface area contributed by atoms with Crippen LogP contribution in [0.25, 0.3) is 0 Å². The minimum absolute atomic E-state index is 0.0973. The Bertz CT molecular complexity index is 1240.